The molecular formula is C15H16BrNOS. The van der Waals surface area contributed by atoms with E-state index in [2.05, 4.69) is 45.1 Å². The summed E-state index contributed by atoms with van der Waals surface area (Å²) in [4.78, 5) is 3.38. The summed E-state index contributed by atoms with van der Waals surface area (Å²) < 4.78 is 1.03. The van der Waals surface area contributed by atoms with Crippen LogP contribution < -0.4 is 0 Å². The predicted octanol–water partition coefficient (Wildman–Crippen LogP) is 3.60. The Labute approximate surface area is 125 Å². The zero-order valence-corrected chi connectivity index (χ0v) is 13.0. The van der Waals surface area contributed by atoms with Crippen LogP contribution in [0.2, 0.25) is 0 Å². The molecule has 100 valence electrons. The lowest BCUT2D eigenvalue weighted by Crippen LogP contribution is -2.30. The molecule has 0 aliphatic carbocycles. The normalized spacial score (nSPS) is 23.9. The number of likely N-dealkylation sites (tertiary alicyclic amines) is 1. The first kappa shape index (κ1) is 13.3. The summed E-state index contributed by atoms with van der Waals surface area (Å²) in [5.41, 5.74) is 0.610. The second-order valence-corrected chi connectivity index (χ2v) is 6.85. The van der Waals surface area contributed by atoms with Crippen LogP contribution in [0.1, 0.15) is 16.9 Å². The zero-order valence-electron chi connectivity index (χ0n) is 10.6. The molecule has 3 rings (SSSR count). The van der Waals surface area contributed by atoms with E-state index in [0.717, 1.165) is 28.9 Å². The third-order valence-electron chi connectivity index (χ3n) is 3.62. The maximum atomic E-state index is 10.8. The average molecular weight is 338 g/mol. The van der Waals surface area contributed by atoms with Crippen LogP contribution in [0.3, 0.4) is 0 Å². The Hall–Kier alpha value is -0.680. The van der Waals surface area contributed by atoms with Crippen molar-refractivity contribution in [1.82, 2.24) is 4.90 Å². The van der Waals surface area contributed by atoms with Gasteiger partial charge in [0.2, 0.25) is 0 Å². The monoisotopic (exact) mass is 337 g/mol. The number of aliphatic hydroxyl groups is 1. The van der Waals surface area contributed by atoms with E-state index < -0.39 is 5.60 Å². The molecule has 0 spiro atoms. The Balaban J connectivity index is 1.72. The molecule has 1 atom stereocenters. The van der Waals surface area contributed by atoms with E-state index in [-0.39, 0.29) is 0 Å². The number of rotatable bonds is 3. The van der Waals surface area contributed by atoms with Crippen molar-refractivity contribution < 1.29 is 5.11 Å². The third-order valence-corrected chi connectivity index (χ3v) is 5.65. The number of β-amino-alcohol motifs (C(OH)–C–C–N with tert-alkyl or cyclic N) is 1. The summed E-state index contributed by atoms with van der Waals surface area (Å²) in [6.45, 7) is 2.56. The number of benzene rings is 1. The first-order valence-electron chi connectivity index (χ1n) is 6.39. The maximum Gasteiger partial charge on any atom is 0.114 e. The fourth-order valence-corrected chi connectivity index (χ4v) is 4.52. The summed E-state index contributed by atoms with van der Waals surface area (Å²) in [5, 5.41) is 12.8. The molecule has 1 unspecified atom stereocenters. The van der Waals surface area contributed by atoms with E-state index in [1.807, 2.05) is 17.5 Å². The molecule has 2 nitrogen and oxygen atoms in total. The minimum atomic E-state index is -0.693. The van der Waals surface area contributed by atoms with Crippen LogP contribution in [-0.2, 0) is 12.1 Å². The van der Waals surface area contributed by atoms with Crippen LogP contribution in [0.25, 0.3) is 0 Å². The van der Waals surface area contributed by atoms with Crippen molar-refractivity contribution in [3.8, 4) is 0 Å². The lowest BCUT2D eigenvalue weighted by atomic mass is 10.0. The van der Waals surface area contributed by atoms with E-state index in [1.54, 1.807) is 11.3 Å². The van der Waals surface area contributed by atoms with Gasteiger partial charge < -0.3 is 5.11 Å². The van der Waals surface area contributed by atoms with Gasteiger partial charge in [0.1, 0.15) is 5.60 Å². The highest BCUT2D eigenvalue weighted by Crippen LogP contribution is 2.39. The summed E-state index contributed by atoms with van der Waals surface area (Å²) in [5.74, 6) is 0. The van der Waals surface area contributed by atoms with Gasteiger partial charge in [-0.15, -0.1) is 11.3 Å². The lowest BCUT2D eigenvalue weighted by Gasteiger charge is -2.23. The van der Waals surface area contributed by atoms with Crippen molar-refractivity contribution in [2.45, 2.75) is 18.6 Å². The van der Waals surface area contributed by atoms with Crippen LogP contribution in [0.15, 0.2) is 46.3 Å². The molecular weight excluding hydrogens is 322 g/mol. The molecule has 0 saturated carbocycles. The smallest absolute Gasteiger partial charge is 0.114 e. The molecule has 1 aromatic heterocycles. The Kier molecular flexibility index (Phi) is 3.76. The highest BCUT2D eigenvalue weighted by molar-refractivity contribution is 9.10. The fraction of sp³-hybridized carbons (Fsp3) is 0.333. The maximum absolute atomic E-state index is 10.8. The van der Waals surface area contributed by atoms with Gasteiger partial charge in [-0.1, -0.05) is 30.3 Å². The highest BCUT2D eigenvalue weighted by Gasteiger charge is 2.39. The summed E-state index contributed by atoms with van der Waals surface area (Å²) in [6.07, 6.45) is 0.805. The predicted molar refractivity (Wildman–Crippen MR) is 82.3 cm³/mol. The lowest BCUT2D eigenvalue weighted by molar-refractivity contribution is 0.0483. The van der Waals surface area contributed by atoms with Crippen LogP contribution in [-0.4, -0.2) is 23.1 Å². The molecule has 1 saturated heterocycles. The van der Waals surface area contributed by atoms with E-state index in [9.17, 15) is 5.11 Å². The molecule has 0 amide bonds. The zero-order chi connectivity index (χ0) is 13.3. The SMILES string of the molecule is OC1(c2sccc2Br)CCN(Cc2ccccc2)C1. The standard InChI is InChI=1S/C15H16BrNOS/c16-13-6-9-19-14(13)15(18)7-8-17(11-15)10-12-4-2-1-3-5-12/h1-6,9,18H,7-8,10-11H2. The van der Waals surface area contributed by atoms with Gasteiger partial charge in [0.05, 0.1) is 4.88 Å². The molecule has 1 aromatic carbocycles. The number of hydrogen-bond acceptors (Lipinski definition) is 3. The van der Waals surface area contributed by atoms with Gasteiger partial charge in [-0.05, 0) is 39.4 Å². The quantitative estimate of drug-likeness (QED) is 0.924. The van der Waals surface area contributed by atoms with Crippen molar-refractivity contribution in [3.63, 3.8) is 0 Å². The summed E-state index contributed by atoms with van der Waals surface area (Å²) in [7, 11) is 0. The van der Waals surface area contributed by atoms with Crippen molar-refractivity contribution >= 4 is 27.3 Å². The molecule has 4 heteroatoms. The van der Waals surface area contributed by atoms with Gasteiger partial charge in [-0.25, -0.2) is 0 Å². The highest BCUT2D eigenvalue weighted by atomic mass is 79.9. The van der Waals surface area contributed by atoms with Crippen molar-refractivity contribution in [3.05, 3.63) is 56.7 Å². The second kappa shape index (κ2) is 5.37. The molecule has 2 aromatic rings. The minimum absolute atomic E-state index is 0.693. The number of nitrogens with zero attached hydrogens (tertiary/aromatic N) is 1. The van der Waals surface area contributed by atoms with Crippen LogP contribution in [0.4, 0.5) is 0 Å². The summed E-state index contributed by atoms with van der Waals surface area (Å²) >= 11 is 5.16. The first-order chi connectivity index (χ1) is 9.17. The molecule has 0 bridgehead atoms. The minimum Gasteiger partial charge on any atom is -0.383 e. The van der Waals surface area contributed by atoms with Gasteiger partial charge in [0.25, 0.3) is 0 Å². The van der Waals surface area contributed by atoms with Gasteiger partial charge in [0, 0.05) is 24.1 Å². The first-order valence-corrected chi connectivity index (χ1v) is 8.07. The van der Waals surface area contributed by atoms with Gasteiger partial charge in [-0.3, -0.25) is 4.90 Å². The van der Waals surface area contributed by atoms with Crippen molar-refractivity contribution in [2.24, 2.45) is 0 Å². The Morgan fingerprint density at radius 2 is 2.05 bits per heavy atom. The van der Waals surface area contributed by atoms with E-state index in [4.69, 9.17) is 0 Å². The Morgan fingerprint density at radius 1 is 1.26 bits per heavy atom. The van der Waals surface area contributed by atoms with E-state index in [1.165, 1.54) is 5.56 Å². The summed E-state index contributed by atoms with van der Waals surface area (Å²) in [6, 6.07) is 12.4. The topological polar surface area (TPSA) is 23.5 Å². The molecule has 0 radical (unpaired) electrons. The number of halogens is 1. The Bertz CT molecular complexity index is 556. The third kappa shape index (κ3) is 2.77. The van der Waals surface area contributed by atoms with Crippen LogP contribution >= 0.6 is 27.3 Å². The molecule has 1 aliphatic rings. The van der Waals surface area contributed by atoms with Gasteiger partial charge in [0.15, 0.2) is 0 Å². The van der Waals surface area contributed by atoms with Crippen LogP contribution in [0.5, 0.6) is 0 Å². The molecule has 1 aliphatic heterocycles. The molecule has 2 heterocycles. The van der Waals surface area contributed by atoms with Gasteiger partial charge in [-0.2, -0.15) is 0 Å². The van der Waals surface area contributed by atoms with Crippen molar-refractivity contribution in [2.75, 3.05) is 13.1 Å². The fourth-order valence-electron chi connectivity index (χ4n) is 2.66. The van der Waals surface area contributed by atoms with E-state index >= 15 is 0 Å². The molecule has 1 N–H and O–H groups in total. The number of thiophene rings is 1. The van der Waals surface area contributed by atoms with Crippen molar-refractivity contribution in [1.29, 1.82) is 0 Å². The largest absolute Gasteiger partial charge is 0.383 e. The van der Waals surface area contributed by atoms with Gasteiger partial charge >= 0.3 is 0 Å². The second-order valence-electron chi connectivity index (χ2n) is 5.08. The average Bonchev–Trinajstić information content (AvgIpc) is 2.98. The molecule has 1 fully saturated rings. The molecule has 19 heavy (non-hydrogen) atoms. The van der Waals surface area contributed by atoms with E-state index in [0.29, 0.717) is 6.54 Å². The number of hydrogen-bond donors (Lipinski definition) is 1. The van der Waals surface area contributed by atoms with Crippen LogP contribution in [0, 0.1) is 0 Å². The Morgan fingerprint density at radius 3 is 2.74 bits per heavy atom.